The first-order chi connectivity index (χ1) is 9.52. The predicted molar refractivity (Wildman–Crippen MR) is 72.2 cm³/mol. The molecule has 2 aliphatic rings. The van der Waals surface area contributed by atoms with Crippen molar-refractivity contribution in [2.24, 2.45) is 11.8 Å². The van der Waals surface area contributed by atoms with E-state index in [0.29, 0.717) is 12.8 Å². The monoisotopic (exact) mass is 291 g/mol. The lowest BCUT2D eigenvalue weighted by molar-refractivity contribution is -0.184. The molecule has 0 saturated heterocycles. The number of likely N-dealkylation sites (N-methyl/N-ethyl adjacent to an activating group) is 1. The highest BCUT2D eigenvalue weighted by Crippen LogP contribution is 2.41. The van der Waals surface area contributed by atoms with Crippen LogP contribution in [0.5, 0.6) is 0 Å². The predicted octanol–water partition coefficient (Wildman–Crippen LogP) is 4.03. The van der Waals surface area contributed by atoms with Gasteiger partial charge in [-0.2, -0.15) is 13.2 Å². The molecule has 0 aromatic heterocycles. The zero-order chi connectivity index (χ0) is 14.6. The third-order valence-electron chi connectivity index (χ3n) is 4.40. The van der Waals surface area contributed by atoms with E-state index >= 15 is 0 Å². The van der Waals surface area contributed by atoms with Crippen LogP contribution < -0.4 is 5.32 Å². The fraction of sp³-hybridized carbons (Fsp3) is 0.867. The van der Waals surface area contributed by atoms with Crippen LogP contribution in [-0.2, 0) is 4.74 Å². The van der Waals surface area contributed by atoms with Gasteiger partial charge in [-0.3, -0.25) is 0 Å². The number of halogens is 3. The Morgan fingerprint density at radius 2 is 2.00 bits per heavy atom. The first-order valence-corrected chi connectivity index (χ1v) is 7.65. The SMILES string of the molecule is CCNC(C1=CCCCO1)C1CCC(C(F)(F)F)CC1. The van der Waals surface area contributed by atoms with Gasteiger partial charge in [-0.15, -0.1) is 0 Å². The van der Waals surface area contributed by atoms with Crippen LogP contribution >= 0.6 is 0 Å². The van der Waals surface area contributed by atoms with Crippen molar-refractivity contribution in [3.63, 3.8) is 0 Å². The fourth-order valence-corrected chi connectivity index (χ4v) is 3.29. The van der Waals surface area contributed by atoms with E-state index in [-0.39, 0.29) is 24.8 Å². The smallest absolute Gasteiger partial charge is 0.391 e. The molecule has 1 N–H and O–H groups in total. The molecule has 1 aliphatic carbocycles. The van der Waals surface area contributed by atoms with Gasteiger partial charge in [-0.05, 0) is 57.1 Å². The summed E-state index contributed by atoms with van der Waals surface area (Å²) in [7, 11) is 0. The molecule has 0 amide bonds. The molecular weight excluding hydrogens is 267 g/mol. The maximum Gasteiger partial charge on any atom is 0.391 e. The van der Waals surface area contributed by atoms with Crippen LogP contribution in [-0.4, -0.2) is 25.4 Å². The second-order valence-electron chi connectivity index (χ2n) is 5.79. The summed E-state index contributed by atoms with van der Waals surface area (Å²) < 4.78 is 43.9. The first kappa shape index (κ1) is 15.7. The van der Waals surface area contributed by atoms with Crippen molar-refractivity contribution in [1.29, 1.82) is 0 Å². The molecule has 5 heteroatoms. The van der Waals surface area contributed by atoms with Crippen molar-refractivity contribution in [3.8, 4) is 0 Å². The van der Waals surface area contributed by atoms with Crippen LogP contribution in [0, 0.1) is 11.8 Å². The average molecular weight is 291 g/mol. The van der Waals surface area contributed by atoms with Crippen molar-refractivity contribution < 1.29 is 17.9 Å². The van der Waals surface area contributed by atoms with E-state index in [1.165, 1.54) is 0 Å². The zero-order valence-electron chi connectivity index (χ0n) is 12.0. The van der Waals surface area contributed by atoms with E-state index in [0.717, 1.165) is 31.8 Å². The normalized spacial score (nSPS) is 29.5. The van der Waals surface area contributed by atoms with Gasteiger partial charge in [0.15, 0.2) is 0 Å². The number of rotatable bonds is 4. The van der Waals surface area contributed by atoms with Gasteiger partial charge >= 0.3 is 6.18 Å². The van der Waals surface area contributed by atoms with Gasteiger partial charge < -0.3 is 10.1 Å². The highest BCUT2D eigenvalue weighted by Gasteiger charge is 2.43. The molecule has 1 heterocycles. The van der Waals surface area contributed by atoms with Gasteiger partial charge in [0.1, 0.15) is 5.76 Å². The summed E-state index contributed by atoms with van der Waals surface area (Å²) >= 11 is 0. The number of ether oxygens (including phenoxy) is 1. The van der Waals surface area contributed by atoms with Crippen LogP contribution in [0.1, 0.15) is 45.4 Å². The molecule has 2 rings (SSSR count). The number of nitrogens with one attached hydrogen (secondary N) is 1. The molecule has 0 spiro atoms. The molecule has 1 saturated carbocycles. The van der Waals surface area contributed by atoms with Gasteiger partial charge in [0.25, 0.3) is 0 Å². The summed E-state index contributed by atoms with van der Waals surface area (Å²) in [6, 6.07) is 0.0921. The Labute approximate surface area is 118 Å². The topological polar surface area (TPSA) is 21.3 Å². The van der Waals surface area contributed by atoms with Gasteiger partial charge in [-0.1, -0.05) is 6.92 Å². The molecule has 1 unspecified atom stereocenters. The number of alkyl halides is 3. The summed E-state index contributed by atoms with van der Waals surface area (Å²) in [6.07, 6.45) is 1.88. The Kier molecular flexibility index (Phi) is 5.35. The van der Waals surface area contributed by atoms with Gasteiger partial charge in [0, 0.05) is 0 Å². The Hall–Kier alpha value is -0.710. The molecule has 1 fully saturated rings. The van der Waals surface area contributed by atoms with Crippen molar-refractivity contribution in [1.82, 2.24) is 5.32 Å². The molecule has 2 nitrogen and oxygen atoms in total. The number of hydrogen-bond acceptors (Lipinski definition) is 2. The van der Waals surface area contributed by atoms with Crippen LogP contribution in [0.2, 0.25) is 0 Å². The van der Waals surface area contributed by atoms with Crippen LogP contribution in [0.15, 0.2) is 11.8 Å². The maximum atomic E-state index is 12.7. The van der Waals surface area contributed by atoms with Crippen molar-refractivity contribution in [2.45, 2.75) is 57.7 Å². The second-order valence-corrected chi connectivity index (χ2v) is 5.79. The molecule has 0 radical (unpaired) electrons. The quantitative estimate of drug-likeness (QED) is 0.844. The molecule has 0 bridgehead atoms. The van der Waals surface area contributed by atoms with Crippen LogP contribution in [0.25, 0.3) is 0 Å². The molecule has 0 aromatic carbocycles. The van der Waals surface area contributed by atoms with Gasteiger partial charge in [-0.25, -0.2) is 0 Å². The lowest BCUT2D eigenvalue weighted by atomic mass is 9.77. The van der Waals surface area contributed by atoms with Gasteiger partial charge in [0.05, 0.1) is 18.6 Å². The standard InChI is InChI=1S/C15H24F3NO/c1-2-19-14(13-5-3-4-10-20-13)11-6-8-12(9-7-11)15(16,17)18/h5,11-12,14,19H,2-4,6-10H2,1H3. The van der Waals surface area contributed by atoms with Crippen molar-refractivity contribution in [3.05, 3.63) is 11.8 Å². The van der Waals surface area contributed by atoms with Crippen LogP contribution in [0.3, 0.4) is 0 Å². The second kappa shape index (κ2) is 6.83. The third kappa shape index (κ3) is 3.90. The zero-order valence-corrected chi connectivity index (χ0v) is 12.0. The Morgan fingerprint density at radius 1 is 1.30 bits per heavy atom. The molecule has 116 valence electrons. The first-order valence-electron chi connectivity index (χ1n) is 7.65. The molecule has 1 atom stereocenters. The fourth-order valence-electron chi connectivity index (χ4n) is 3.29. The minimum Gasteiger partial charge on any atom is -0.497 e. The Balaban J connectivity index is 1.96. The average Bonchev–Trinajstić information content (AvgIpc) is 2.45. The molecule has 20 heavy (non-hydrogen) atoms. The van der Waals surface area contributed by atoms with Gasteiger partial charge in [0.2, 0.25) is 0 Å². The molecule has 1 aliphatic heterocycles. The largest absolute Gasteiger partial charge is 0.497 e. The maximum absolute atomic E-state index is 12.7. The molecular formula is C15H24F3NO. The lowest BCUT2D eigenvalue weighted by Gasteiger charge is -2.36. The van der Waals surface area contributed by atoms with E-state index in [1.807, 2.05) is 6.92 Å². The van der Waals surface area contributed by atoms with E-state index in [9.17, 15) is 13.2 Å². The summed E-state index contributed by atoms with van der Waals surface area (Å²) in [4.78, 5) is 0. The summed E-state index contributed by atoms with van der Waals surface area (Å²) in [5, 5.41) is 3.40. The number of hydrogen-bond donors (Lipinski definition) is 1. The van der Waals surface area contributed by atoms with E-state index in [1.54, 1.807) is 0 Å². The highest BCUT2D eigenvalue weighted by atomic mass is 19.4. The van der Waals surface area contributed by atoms with E-state index in [2.05, 4.69) is 11.4 Å². The van der Waals surface area contributed by atoms with E-state index < -0.39 is 12.1 Å². The van der Waals surface area contributed by atoms with E-state index in [4.69, 9.17) is 4.74 Å². The van der Waals surface area contributed by atoms with Crippen LogP contribution in [0.4, 0.5) is 13.2 Å². The third-order valence-corrected chi connectivity index (χ3v) is 4.40. The highest BCUT2D eigenvalue weighted by molar-refractivity contribution is 5.08. The summed E-state index contributed by atoms with van der Waals surface area (Å²) in [5.41, 5.74) is 0. The minimum atomic E-state index is -4.03. The lowest BCUT2D eigenvalue weighted by Crippen LogP contribution is -2.42. The molecule has 0 aromatic rings. The number of allylic oxidation sites excluding steroid dienone is 1. The Bertz CT molecular complexity index is 333. The Morgan fingerprint density at radius 3 is 2.50 bits per heavy atom. The van der Waals surface area contributed by atoms with Crippen molar-refractivity contribution >= 4 is 0 Å². The summed E-state index contributed by atoms with van der Waals surface area (Å²) in [5.74, 6) is 0.105. The summed E-state index contributed by atoms with van der Waals surface area (Å²) in [6.45, 7) is 3.56. The van der Waals surface area contributed by atoms with Crippen molar-refractivity contribution in [2.75, 3.05) is 13.2 Å². The minimum absolute atomic E-state index is 0.0921.